The summed E-state index contributed by atoms with van der Waals surface area (Å²) >= 11 is 0. The first kappa shape index (κ1) is 20.3. The quantitative estimate of drug-likeness (QED) is 0.639. The minimum atomic E-state index is -0.649. The molecule has 0 bridgehead atoms. The lowest BCUT2D eigenvalue weighted by atomic mass is 9.90. The minimum absolute atomic E-state index is 0.137. The van der Waals surface area contributed by atoms with Gasteiger partial charge in [-0.3, -0.25) is 9.59 Å². The summed E-state index contributed by atoms with van der Waals surface area (Å²) in [6.45, 7) is 3.64. The van der Waals surface area contributed by atoms with Gasteiger partial charge < -0.3 is 10.6 Å². The van der Waals surface area contributed by atoms with E-state index in [0.29, 0.717) is 0 Å². The number of benzene rings is 3. The second kappa shape index (κ2) is 9.69. The Morgan fingerprint density at radius 2 is 1.00 bits per heavy atom. The van der Waals surface area contributed by atoms with Gasteiger partial charge in [0.15, 0.2) is 0 Å². The summed E-state index contributed by atoms with van der Waals surface area (Å²) < 4.78 is 0. The zero-order valence-corrected chi connectivity index (χ0v) is 16.7. The third-order valence-corrected chi connectivity index (χ3v) is 4.94. The van der Waals surface area contributed by atoms with Gasteiger partial charge in [-0.1, -0.05) is 91.0 Å². The highest BCUT2D eigenvalue weighted by molar-refractivity contribution is 5.92. The predicted octanol–water partition coefficient (Wildman–Crippen LogP) is 4.20. The van der Waals surface area contributed by atoms with Crippen molar-refractivity contribution in [1.82, 2.24) is 10.6 Å². The molecule has 0 heterocycles. The van der Waals surface area contributed by atoms with Crippen LogP contribution in [0.5, 0.6) is 0 Å². The molecule has 0 radical (unpaired) electrons. The SMILES string of the molecule is C[C@H](NC(=O)C(c1ccccc1)c1ccccc1)C(=O)N[C@@H](C)c1ccccc1. The molecule has 3 rings (SSSR count). The van der Waals surface area contributed by atoms with E-state index in [1.54, 1.807) is 6.92 Å². The fraction of sp³-hybridized carbons (Fsp3) is 0.200. The molecular formula is C25H26N2O2. The van der Waals surface area contributed by atoms with Crippen molar-refractivity contribution in [2.75, 3.05) is 0 Å². The Bertz CT molecular complexity index is 887. The highest BCUT2D eigenvalue weighted by Gasteiger charge is 2.26. The molecule has 29 heavy (non-hydrogen) atoms. The van der Waals surface area contributed by atoms with E-state index in [0.717, 1.165) is 16.7 Å². The second-order valence-corrected chi connectivity index (χ2v) is 7.13. The number of hydrogen-bond donors (Lipinski definition) is 2. The third kappa shape index (κ3) is 5.32. The Labute approximate surface area is 172 Å². The van der Waals surface area contributed by atoms with Gasteiger partial charge >= 0.3 is 0 Å². The number of carbonyl (C=O) groups excluding carboxylic acids is 2. The molecule has 4 nitrogen and oxygen atoms in total. The van der Waals surface area contributed by atoms with Crippen LogP contribution in [-0.4, -0.2) is 17.9 Å². The number of hydrogen-bond acceptors (Lipinski definition) is 2. The van der Waals surface area contributed by atoms with Crippen LogP contribution < -0.4 is 10.6 Å². The van der Waals surface area contributed by atoms with Crippen molar-refractivity contribution in [2.45, 2.75) is 31.8 Å². The van der Waals surface area contributed by atoms with Gasteiger partial charge in [0.2, 0.25) is 11.8 Å². The lowest BCUT2D eigenvalue weighted by molar-refractivity contribution is -0.129. The molecular weight excluding hydrogens is 360 g/mol. The third-order valence-electron chi connectivity index (χ3n) is 4.94. The molecule has 3 aromatic carbocycles. The van der Waals surface area contributed by atoms with Crippen LogP contribution in [0.2, 0.25) is 0 Å². The zero-order valence-electron chi connectivity index (χ0n) is 16.7. The van der Waals surface area contributed by atoms with Gasteiger partial charge in [0.25, 0.3) is 0 Å². The molecule has 0 aliphatic carbocycles. The number of carbonyl (C=O) groups is 2. The molecule has 4 heteroatoms. The van der Waals surface area contributed by atoms with Gasteiger partial charge in [0.05, 0.1) is 12.0 Å². The van der Waals surface area contributed by atoms with Gasteiger partial charge in [-0.2, -0.15) is 0 Å². The Hall–Kier alpha value is -3.40. The van der Waals surface area contributed by atoms with Gasteiger partial charge in [-0.25, -0.2) is 0 Å². The Morgan fingerprint density at radius 1 is 0.586 bits per heavy atom. The number of nitrogens with one attached hydrogen (secondary N) is 2. The molecule has 2 N–H and O–H groups in total. The van der Waals surface area contributed by atoms with Crippen molar-refractivity contribution in [2.24, 2.45) is 0 Å². The molecule has 2 amide bonds. The van der Waals surface area contributed by atoms with Crippen LogP contribution in [0, 0.1) is 0 Å². The predicted molar refractivity (Wildman–Crippen MR) is 115 cm³/mol. The molecule has 148 valence electrons. The first-order chi connectivity index (χ1) is 14.1. The molecule has 0 fully saturated rings. The summed E-state index contributed by atoms with van der Waals surface area (Å²) in [7, 11) is 0. The standard InChI is InChI=1S/C25H26N2O2/c1-18(20-12-6-3-7-13-20)26-24(28)19(2)27-25(29)23(21-14-8-4-9-15-21)22-16-10-5-11-17-22/h3-19,23H,1-2H3,(H,26,28)(H,27,29)/t18-,19-/m0/s1. The van der Waals surface area contributed by atoms with Gasteiger partial charge in [0, 0.05) is 0 Å². The Morgan fingerprint density at radius 3 is 1.45 bits per heavy atom. The van der Waals surface area contributed by atoms with Crippen molar-refractivity contribution in [3.05, 3.63) is 108 Å². The van der Waals surface area contributed by atoms with Crippen LogP contribution in [0.15, 0.2) is 91.0 Å². The van der Waals surface area contributed by atoms with E-state index in [2.05, 4.69) is 10.6 Å². The summed E-state index contributed by atoms with van der Waals surface area (Å²) in [5.74, 6) is -0.883. The number of rotatable bonds is 7. The van der Waals surface area contributed by atoms with E-state index in [1.807, 2.05) is 97.9 Å². The van der Waals surface area contributed by atoms with Crippen molar-refractivity contribution >= 4 is 11.8 Å². The molecule has 2 atom stereocenters. The maximum absolute atomic E-state index is 13.1. The molecule has 3 aromatic rings. The average molecular weight is 386 g/mol. The van der Waals surface area contributed by atoms with Crippen molar-refractivity contribution < 1.29 is 9.59 Å². The normalized spacial score (nSPS) is 12.8. The lowest BCUT2D eigenvalue weighted by Gasteiger charge is -2.22. The first-order valence-corrected chi connectivity index (χ1v) is 9.82. The molecule has 0 saturated carbocycles. The van der Waals surface area contributed by atoms with E-state index in [1.165, 1.54) is 0 Å². The van der Waals surface area contributed by atoms with Crippen LogP contribution in [0.4, 0.5) is 0 Å². The van der Waals surface area contributed by atoms with Crippen molar-refractivity contribution in [3.8, 4) is 0 Å². The van der Waals surface area contributed by atoms with Crippen LogP contribution in [0.25, 0.3) is 0 Å². The summed E-state index contributed by atoms with van der Waals surface area (Å²) in [4.78, 5) is 25.8. The Balaban J connectivity index is 1.71. The van der Waals surface area contributed by atoms with Crippen LogP contribution >= 0.6 is 0 Å². The minimum Gasteiger partial charge on any atom is -0.348 e. The maximum atomic E-state index is 13.1. The van der Waals surface area contributed by atoms with E-state index in [9.17, 15) is 9.59 Å². The van der Waals surface area contributed by atoms with Crippen LogP contribution in [-0.2, 0) is 9.59 Å². The van der Waals surface area contributed by atoms with Crippen LogP contribution in [0.1, 0.15) is 42.5 Å². The van der Waals surface area contributed by atoms with Gasteiger partial charge in [0.1, 0.15) is 6.04 Å². The van der Waals surface area contributed by atoms with Crippen molar-refractivity contribution in [1.29, 1.82) is 0 Å². The monoisotopic (exact) mass is 386 g/mol. The number of amides is 2. The highest BCUT2D eigenvalue weighted by Crippen LogP contribution is 2.25. The van der Waals surface area contributed by atoms with Gasteiger partial charge in [-0.15, -0.1) is 0 Å². The van der Waals surface area contributed by atoms with Gasteiger partial charge in [-0.05, 0) is 30.5 Å². The van der Waals surface area contributed by atoms with Crippen molar-refractivity contribution in [3.63, 3.8) is 0 Å². The summed E-state index contributed by atoms with van der Waals surface area (Å²) in [5, 5.41) is 5.85. The molecule has 0 unspecified atom stereocenters. The zero-order chi connectivity index (χ0) is 20.6. The first-order valence-electron chi connectivity index (χ1n) is 9.82. The second-order valence-electron chi connectivity index (χ2n) is 7.13. The summed E-state index contributed by atoms with van der Waals surface area (Å²) in [6, 6.07) is 28.2. The molecule has 0 aliphatic heterocycles. The van der Waals surface area contributed by atoms with E-state index < -0.39 is 12.0 Å². The molecule has 0 saturated heterocycles. The topological polar surface area (TPSA) is 58.2 Å². The fourth-order valence-electron chi connectivity index (χ4n) is 3.31. The van der Waals surface area contributed by atoms with E-state index in [4.69, 9.17) is 0 Å². The largest absolute Gasteiger partial charge is 0.348 e. The molecule has 0 spiro atoms. The summed E-state index contributed by atoms with van der Waals surface area (Å²) in [5.41, 5.74) is 2.80. The lowest BCUT2D eigenvalue weighted by Crippen LogP contribution is -2.47. The fourth-order valence-corrected chi connectivity index (χ4v) is 3.31. The van der Waals surface area contributed by atoms with E-state index in [-0.39, 0.29) is 17.9 Å². The highest BCUT2D eigenvalue weighted by atomic mass is 16.2. The summed E-state index contributed by atoms with van der Waals surface area (Å²) in [6.07, 6.45) is 0. The smallest absolute Gasteiger partial charge is 0.242 e. The van der Waals surface area contributed by atoms with E-state index >= 15 is 0 Å². The van der Waals surface area contributed by atoms with Crippen LogP contribution in [0.3, 0.4) is 0 Å². The molecule has 0 aliphatic rings. The Kier molecular flexibility index (Phi) is 6.80. The average Bonchev–Trinajstić information content (AvgIpc) is 2.76. The molecule has 0 aromatic heterocycles. The maximum Gasteiger partial charge on any atom is 0.242 e.